The molecule has 0 aliphatic rings. The predicted octanol–water partition coefficient (Wildman–Crippen LogP) is -0.156. The average Bonchev–Trinajstić information content (AvgIpc) is 3.13. The zero-order valence-electron chi connectivity index (χ0n) is 15.6. The summed E-state index contributed by atoms with van der Waals surface area (Å²) >= 11 is 6.10. The average molecular weight is 480 g/mol. The van der Waals surface area contributed by atoms with Gasteiger partial charge in [-0.2, -0.15) is 0 Å². The molecule has 0 radical (unpaired) electrons. The fourth-order valence-corrected chi connectivity index (χ4v) is 4.16. The van der Waals surface area contributed by atoms with Crippen molar-refractivity contribution in [2.45, 2.75) is 16.3 Å². The minimum Gasteiger partial charge on any atom is -0.744 e. The molecule has 0 fully saturated rings. The number of anilines is 3. The molecule has 1 heterocycles. The number of nitrogens with two attached hydrogens (primary N) is 1. The van der Waals surface area contributed by atoms with Gasteiger partial charge in [0.15, 0.2) is 0 Å². The Hall–Kier alpha value is -1.57. The monoisotopic (exact) mass is 479 g/mol. The Bertz CT molecular complexity index is 1250. The van der Waals surface area contributed by atoms with Gasteiger partial charge in [0, 0.05) is 0 Å². The fraction of sp³-hybridized carbons (Fsp3) is 0.0588. The van der Waals surface area contributed by atoms with E-state index >= 15 is 0 Å². The molecule has 2 aromatic carbocycles. The van der Waals surface area contributed by atoms with Crippen LogP contribution in [0.3, 0.4) is 0 Å². The normalized spacial score (nSPS) is 11.6. The molecule has 0 amide bonds. The molecule has 0 aliphatic heterocycles. The van der Waals surface area contributed by atoms with Crippen molar-refractivity contribution in [3.63, 3.8) is 0 Å². The second-order valence-electron chi connectivity index (χ2n) is 5.88. The van der Waals surface area contributed by atoms with E-state index in [9.17, 15) is 21.4 Å². The molecule has 0 spiro atoms. The van der Waals surface area contributed by atoms with Gasteiger partial charge in [-0.05, 0) is 36.4 Å². The van der Waals surface area contributed by atoms with Gasteiger partial charge in [0.05, 0.1) is 39.8 Å². The molecule has 30 heavy (non-hydrogen) atoms. The number of para-hydroxylation sites is 1. The van der Waals surface area contributed by atoms with Crippen LogP contribution in [-0.2, 0) is 26.7 Å². The zero-order chi connectivity index (χ0) is 21.2. The summed E-state index contributed by atoms with van der Waals surface area (Å²) in [4.78, 5) is -1.34. The summed E-state index contributed by atoms with van der Waals surface area (Å²) in [5, 5.41) is 11.1. The molecule has 0 aliphatic carbocycles. The third-order valence-electron chi connectivity index (χ3n) is 3.83. The van der Waals surface area contributed by atoms with E-state index in [2.05, 4.69) is 10.6 Å². The number of nitrogens with one attached hydrogen (secondary N) is 2. The van der Waals surface area contributed by atoms with Crippen molar-refractivity contribution in [1.82, 2.24) is 0 Å². The van der Waals surface area contributed by atoms with Crippen molar-refractivity contribution < 1.29 is 55.4 Å². The van der Waals surface area contributed by atoms with Gasteiger partial charge in [-0.1, -0.05) is 23.7 Å². The van der Waals surface area contributed by atoms with Crippen molar-refractivity contribution in [3.05, 3.63) is 65.6 Å². The van der Waals surface area contributed by atoms with E-state index in [1.54, 1.807) is 36.4 Å². The minimum absolute atomic E-state index is 0. The molecule has 0 saturated heterocycles. The summed E-state index contributed by atoms with van der Waals surface area (Å²) in [5.74, 6) is 0.468. The number of halogens is 1. The maximum absolute atomic E-state index is 12.0. The van der Waals surface area contributed by atoms with Crippen LogP contribution in [0.15, 0.2) is 69.0 Å². The van der Waals surface area contributed by atoms with Gasteiger partial charge in [0.25, 0.3) is 0 Å². The number of sulfonamides is 1. The molecule has 3 rings (SSSR count). The quantitative estimate of drug-likeness (QED) is 0.312. The summed E-state index contributed by atoms with van der Waals surface area (Å²) in [6, 6.07) is 11.7. The van der Waals surface area contributed by atoms with Gasteiger partial charge in [0.1, 0.15) is 20.8 Å². The number of rotatable bonds is 7. The molecular formula is C17H15ClN3NaO6S2. The van der Waals surface area contributed by atoms with Crippen LogP contribution in [0, 0.1) is 0 Å². The van der Waals surface area contributed by atoms with Crippen molar-refractivity contribution in [1.29, 1.82) is 0 Å². The van der Waals surface area contributed by atoms with Gasteiger partial charge >= 0.3 is 29.6 Å². The van der Waals surface area contributed by atoms with E-state index in [0.29, 0.717) is 22.5 Å². The van der Waals surface area contributed by atoms with E-state index in [0.717, 1.165) is 6.07 Å². The van der Waals surface area contributed by atoms with E-state index < -0.39 is 29.9 Å². The third kappa shape index (κ3) is 5.99. The molecule has 0 saturated carbocycles. The Labute approximate surface area is 200 Å². The SMILES string of the molecule is NS(=O)(=O)c1cc(S(=O)(=O)[O-])c(NCc2ccco2)cc1Nc1ccccc1Cl.[Na+]. The van der Waals surface area contributed by atoms with E-state index in [4.69, 9.17) is 21.2 Å². The largest absolute Gasteiger partial charge is 1.00 e. The number of benzene rings is 2. The summed E-state index contributed by atoms with van der Waals surface area (Å²) in [7, 11) is -9.40. The van der Waals surface area contributed by atoms with Gasteiger partial charge in [0.2, 0.25) is 10.0 Å². The molecular weight excluding hydrogens is 465 g/mol. The molecule has 0 atom stereocenters. The molecule has 154 valence electrons. The predicted molar refractivity (Wildman–Crippen MR) is 107 cm³/mol. The standard InChI is InChI=1S/C17H16ClN3O6S2.Na/c18-12-5-1-2-6-13(12)21-15-8-14(20-10-11-4-3-7-27-11)17(29(24,25)26)9-16(15)28(19,22)23;/h1-9,20-21H,10H2,(H2,19,22,23)(H,24,25,26);/q;+1/p-1. The van der Waals surface area contributed by atoms with Crippen molar-refractivity contribution in [2.75, 3.05) is 10.6 Å². The van der Waals surface area contributed by atoms with E-state index in [1.165, 1.54) is 6.26 Å². The summed E-state index contributed by atoms with van der Waals surface area (Å²) in [6.07, 6.45) is 1.43. The van der Waals surface area contributed by atoms with Crippen LogP contribution in [0.2, 0.25) is 5.02 Å². The first-order chi connectivity index (χ1) is 13.6. The van der Waals surface area contributed by atoms with Crippen LogP contribution in [0.1, 0.15) is 5.76 Å². The first kappa shape index (κ1) is 24.7. The Kier molecular flexibility index (Phi) is 7.99. The molecule has 0 unspecified atom stereocenters. The minimum atomic E-state index is -5.02. The van der Waals surface area contributed by atoms with Gasteiger partial charge in [-0.3, -0.25) is 0 Å². The van der Waals surface area contributed by atoms with Crippen LogP contribution in [0.25, 0.3) is 0 Å². The summed E-state index contributed by atoms with van der Waals surface area (Å²) in [6.45, 7) is 0.0514. The van der Waals surface area contributed by atoms with Crippen LogP contribution >= 0.6 is 11.6 Å². The molecule has 9 nitrogen and oxygen atoms in total. The van der Waals surface area contributed by atoms with Gasteiger partial charge in [-0.25, -0.2) is 22.0 Å². The Balaban J connectivity index is 0.00000320. The molecule has 4 N–H and O–H groups in total. The topological polar surface area (TPSA) is 155 Å². The number of hydrogen-bond acceptors (Lipinski definition) is 8. The van der Waals surface area contributed by atoms with Gasteiger partial charge < -0.3 is 19.6 Å². The maximum Gasteiger partial charge on any atom is 1.00 e. The Morgan fingerprint density at radius 3 is 2.23 bits per heavy atom. The third-order valence-corrected chi connectivity index (χ3v) is 5.99. The van der Waals surface area contributed by atoms with E-state index in [-0.39, 0.29) is 47.5 Å². The fourth-order valence-electron chi connectivity index (χ4n) is 2.54. The van der Waals surface area contributed by atoms with Crippen molar-refractivity contribution >= 4 is 48.8 Å². The van der Waals surface area contributed by atoms with Crippen molar-refractivity contribution in [2.24, 2.45) is 5.14 Å². The Morgan fingerprint density at radius 1 is 0.967 bits per heavy atom. The first-order valence-corrected chi connectivity index (χ1v) is 11.3. The number of primary sulfonamides is 1. The molecule has 1 aromatic heterocycles. The van der Waals surface area contributed by atoms with Crippen LogP contribution in [0.5, 0.6) is 0 Å². The molecule has 0 bridgehead atoms. The number of hydrogen-bond donors (Lipinski definition) is 3. The summed E-state index contributed by atoms with van der Waals surface area (Å²) < 4.78 is 64.4. The molecule has 13 heteroatoms. The van der Waals surface area contributed by atoms with Crippen LogP contribution in [0.4, 0.5) is 17.1 Å². The van der Waals surface area contributed by atoms with Crippen molar-refractivity contribution in [3.8, 4) is 0 Å². The van der Waals surface area contributed by atoms with Crippen LogP contribution in [-0.4, -0.2) is 21.4 Å². The molecule has 3 aromatic rings. The zero-order valence-corrected chi connectivity index (χ0v) is 20.0. The van der Waals surface area contributed by atoms with E-state index in [1.807, 2.05) is 0 Å². The van der Waals surface area contributed by atoms with Gasteiger partial charge in [-0.15, -0.1) is 0 Å². The smallest absolute Gasteiger partial charge is 0.744 e. The number of furan rings is 1. The summed E-state index contributed by atoms with van der Waals surface area (Å²) in [5.41, 5.74) is 0.169. The Morgan fingerprint density at radius 2 is 1.67 bits per heavy atom. The first-order valence-electron chi connectivity index (χ1n) is 8.00. The second-order valence-corrected chi connectivity index (χ2v) is 9.17. The second kappa shape index (κ2) is 9.71. The maximum atomic E-state index is 12.0. The van der Waals surface area contributed by atoms with Crippen LogP contribution < -0.4 is 45.3 Å².